The highest BCUT2D eigenvalue weighted by molar-refractivity contribution is 7.93. The lowest BCUT2D eigenvalue weighted by atomic mass is 9.95. The zero-order valence-corrected chi connectivity index (χ0v) is 16.2. The maximum atomic E-state index is 13.2. The number of hydrogen-bond donors (Lipinski definition) is 1. The van der Waals surface area contributed by atoms with Crippen LogP contribution in [0.15, 0.2) is 48.5 Å². The molecular formula is C20H23FN2O3S. The zero-order valence-electron chi connectivity index (χ0n) is 15.4. The van der Waals surface area contributed by atoms with E-state index in [1.165, 1.54) is 16.4 Å². The molecule has 0 saturated carbocycles. The first kappa shape index (κ1) is 19.4. The summed E-state index contributed by atoms with van der Waals surface area (Å²) < 4.78 is 38.8. The van der Waals surface area contributed by atoms with E-state index in [1.54, 1.807) is 36.4 Å². The summed E-state index contributed by atoms with van der Waals surface area (Å²) >= 11 is 0. The summed E-state index contributed by atoms with van der Waals surface area (Å²) in [6, 6.07) is 12.4. The summed E-state index contributed by atoms with van der Waals surface area (Å²) in [5.74, 6) is -0.395. The lowest BCUT2D eigenvalue weighted by Crippen LogP contribution is -2.32. The van der Waals surface area contributed by atoms with E-state index in [4.69, 9.17) is 0 Å². The molecule has 1 N–H and O–H groups in total. The Kier molecular flexibility index (Phi) is 5.51. The fraction of sp³-hybridized carbons (Fsp3) is 0.350. The van der Waals surface area contributed by atoms with Crippen LogP contribution in [0.1, 0.15) is 42.2 Å². The molecule has 2 aromatic rings. The second kappa shape index (κ2) is 7.68. The first-order valence-electron chi connectivity index (χ1n) is 8.95. The van der Waals surface area contributed by atoms with Crippen LogP contribution in [-0.4, -0.2) is 26.6 Å². The summed E-state index contributed by atoms with van der Waals surface area (Å²) in [6.07, 6.45) is 0.582. The van der Waals surface area contributed by atoms with Crippen molar-refractivity contribution < 1.29 is 17.6 Å². The fourth-order valence-corrected chi connectivity index (χ4v) is 4.82. The van der Waals surface area contributed by atoms with Crippen LogP contribution in [0.2, 0.25) is 0 Å². The summed E-state index contributed by atoms with van der Waals surface area (Å²) in [6.45, 7) is 4.38. The highest BCUT2D eigenvalue weighted by atomic mass is 32.2. The minimum atomic E-state index is -3.30. The standard InChI is InChI=1S/C20H23FN2O3S/c1-14(2)19(15-7-9-17(21)10-8-15)22-20(24)16-5-3-6-18(13-16)23-11-4-12-27(23,25)26/h3,5-10,13-14,19H,4,11-12H2,1-2H3,(H,22,24)/t19-/m1/s1. The molecule has 1 amide bonds. The Bertz CT molecular complexity index is 926. The van der Waals surface area contributed by atoms with E-state index in [-0.39, 0.29) is 29.4 Å². The Labute approximate surface area is 159 Å². The molecule has 1 aliphatic rings. The SMILES string of the molecule is CC(C)[C@@H](NC(=O)c1cccc(N2CCCS2(=O)=O)c1)c1ccc(F)cc1. The number of carbonyl (C=O) groups excluding carboxylic acids is 1. The van der Waals surface area contributed by atoms with Crippen LogP contribution in [0.25, 0.3) is 0 Å². The molecule has 2 aromatic carbocycles. The number of amides is 1. The Morgan fingerprint density at radius 2 is 1.85 bits per heavy atom. The van der Waals surface area contributed by atoms with Crippen molar-refractivity contribution in [1.29, 1.82) is 0 Å². The van der Waals surface area contributed by atoms with Crippen molar-refractivity contribution in [3.63, 3.8) is 0 Å². The summed E-state index contributed by atoms with van der Waals surface area (Å²) in [5.41, 5.74) is 1.71. The van der Waals surface area contributed by atoms with Gasteiger partial charge in [-0.15, -0.1) is 0 Å². The Morgan fingerprint density at radius 3 is 2.44 bits per heavy atom. The summed E-state index contributed by atoms with van der Waals surface area (Å²) in [4.78, 5) is 12.8. The van der Waals surface area contributed by atoms with Crippen LogP contribution < -0.4 is 9.62 Å². The number of rotatable bonds is 5. The molecular weight excluding hydrogens is 367 g/mol. The molecule has 1 fully saturated rings. The van der Waals surface area contributed by atoms with Crippen LogP contribution in [0, 0.1) is 11.7 Å². The predicted octanol–water partition coefficient (Wildman–Crippen LogP) is 3.49. The fourth-order valence-electron chi connectivity index (χ4n) is 3.26. The number of sulfonamides is 1. The molecule has 0 bridgehead atoms. The Balaban J connectivity index is 1.82. The van der Waals surface area contributed by atoms with Gasteiger partial charge in [0.05, 0.1) is 17.5 Å². The number of carbonyl (C=O) groups is 1. The molecule has 0 spiro atoms. The van der Waals surface area contributed by atoms with Crippen molar-refractivity contribution in [2.24, 2.45) is 5.92 Å². The van der Waals surface area contributed by atoms with Gasteiger partial charge in [0.15, 0.2) is 0 Å². The molecule has 5 nitrogen and oxygen atoms in total. The van der Waals surface area contributed by atoms with Gasteiger partial charge in [0.25, 0.3) is 5.91 Å². The van der Waals surface area contributed by atoms with E-state index in [1.807, 2.05) is 13.8 Å². The predicted molar refractivity (Wildman–Crippen MR) is 104 cm³/mol. The van der Waals surface area contributed by atoms with E-state index < -0.39 is 10.0 Å². The monoisotopic (exact) mass is 390 g/mol. The first-order chi connectivity index (χ1) is 12.8. The van der Waals surface area contributed by atoms with E-state index in [9.17, 15) is 17.6 Å². The molecule has 27 heavy (non-hydrogen) atoms. The van der Waals surface area contributed by atoms with Gasteiger partial charge in [-0.25, -0.2) is 12.8 Å². The van der Waals surface area contributed by atoms with Crippen LogP contribution in [0.3, 0.4) is 0 Å². The maximum Gasteiger partial charge on any atom is 0.251 e. The topological polar surface area (TPSA) is 66.5 Å². The third-order valence-electron chi connectivity index (χ3n) is 4.68. The molecule has 0 aliphatic carbocycles. The normalized spacial score (nSPS) is 17.1. The number of nitrogens with one attached hydrogen (secondary N) is 1. The van der Waals surface area contributed by atoms with E-state index in [0.717, 1.165) is 5.56 Å². The third-order valence-corrected chi connectivity index (χ3v) is 6.55. The van der Waals surface area contributed by atoms with Gasteiger partial charge in [0.2, 0.25) is 10.0 Å². The van der Waals surface area contributed by atoms with E-state index in [0.29, 0.717) is 24.2 Å². The minimum absolute atomic E-state index is 0.0987. The van der Waals surface area contributed by atoms with Crippen molar-refractivity contribution in [3.8, 4) is 0 Å². The van der Waals surface area contributed by atoms with Gasteiger partial charge >= 0.3 is 0 Å². The third kappa shape index (κ3) is 4.30. The molecule has 1 heterocycles. The molecule has 3 rings (SSSR count). The second-order valence-corrected chi connectivity index (χ2v) is 9.05. The van der Waals surface area contributed by atoms with Gasteiger partial charge in [-0.3, -0.25) is 9.10 Å². The lowest BCUT2D eigenvalue weighted by Gasteiger charge is -2.23. The number of benzene rings is 2. The largest absolute Gasteiger partial charge is 0.345 e. The van der Waals surface area contributed by atoms with Crippen molar-refractivity contribution >= 4 is 21.6 Å². The van der Waals surface area contributed by atoms with Crippen molar-refractivity contribution in [2.45, 2.75) is 26.3 Å². The molecule has 7 heteroatoms. The Hall–Kier alpha value is -2.41. The van der Waals surface area contributed by atoms with Gasteiger partial charge in [0.1, 0.15) is 5.82 Å². The van der Waals surface area contributed by atoms with Crippen LogP contribution in [0.5, 0.6) is 0 Å². The van der Waals surface area contributed by atoms with Crippen molar-refractivity contribution in [3.05, 3.63) is 65.5 Å². The highest BCUT2D eigenvalue weighted by Crippen LogP contribution is 2.26. The van der Waals surface area contributed by atoms with Gasteiger partial charge < -0.3 is 5.32 Å². The minimum Gasteiger partial charge on any atom is -0.345 e. The van der Waals surface area contributed by atoms with Crippen LogP contribution in [0.4, 0.5) is 10.1 Å². The van der Waals surface area contributed by atoms with Crippen molar-refractivity contribution in [2.75, 3.05) is 16.6 Å². The van der Waals surface area contributed by atoms with Crippen molar-refractivity contribution in [1.82, 2.24) is 5.32 Å². The van der Waals surface area contributed by atoms with Gasteiger partial charge in [0, 0.05) is 12.1 Å². The number of halogens is 1. The smallest absolute Gasteiger partial charge is 0.251 e. The zero-order chi connectivity index (χ0) is 19.6. The molecule has 0 radical (unpaired) electrons. The molecule has 1 saturated heterocycles. The average molecular weight is 390 g/mol. The highest BCUT2D eigenvalue weighted by Gasteiger charge is 2.29. The van der Waals surface area contributed by atoms with E-state index >= 15 is 0 Å². The number of nitrogens with zero attached hydrogens (tertiary/aromatic N) is 1. The van der Waals surface area contributed by atoms with Gasteiger partial charge in [-0.2, -0.15) is 0 Å². The first-order valence-corrected chi connectivity index (χ1v) is 10.6. The van der Waals surface area contributed by atoms with Crippen LogP contribution in [-0.2, 0) is 10.0 Å². The quantitative estimate of drug-likeness (QED) is 0.850. The average Bonchev–Trinajstić information content (AvgIpc) is 2.99. The van der Waals surface area contributed by atoms with Gasteiger partial charge in [-0.1, -0.05) is 32.0 Å². The lowest BCUT2D eigenvalue weighted by molar-refractivity contribution is 0.0925. The number of hydrogen-bond acceptors (Lipinski definition) is 3. The Morgan fingerprint density at radius 1 is 1.15 bits per heavy atom. The van der Waals surface area contributed by atoms with Crippen LogP contribution >= 0.6 is 0 Å². The maximum absolute atomic E-state index is 13.2. The number of anilines is 1. The second-order valence-electron chi connectivity index (χ2n) is 7.04. The molecule has 1 aliphatic heterocycles. The van der Waals surface area contributed by atoms with Gasteiger partial charge in [-0.05, 0) is 48.2 Å². The summed E-state index contributed by atoms with van der Waals surface area (Å²) in [7, 11) is -3.30. The molecule has 144 valence electrons. The van der Waals surface area contributed by atoms with E-state index in [2.05, 4.69) is 5.32 Å². The molecule has 1 atom stereocenters. The molecule has 0 aromatic heterocycles. The molecule has 0 unspecified atom stereocenters. The summed E-state index contributed by atoms with van der Waals surface area (Å²) in [5, 5.41) is 2.98.